The lowest BCUT2D eigenvalue weighted by Gasteiger charge is -2.32. The van der Waals surface area contributed by atoms with Crippen LogP contribution in [0.25, 0.3) is 0 Å². The molecule has 18 heavy (non-hydrogen) atoms. The zero-order valence-electron chi connectivity index (χ0n) is 11.1. The minimum Gasteiger partial charge on any atom is -0.481 e. The lowest BCUT2D eigenvalue weighted by molar-refractivity contribution is 0.104. The van der Waals surface area contributed by atoms with Gasteiger partial charge in [-0.3, -0.25) is 0 Å². The lowest BCUT2D eigenvalue weighted by Crippen LogP contribution is -2.38. The van der Waals surface area contributed by atoms with E-state index in [9.17, 15) is 0 Å². The van der Waals surface area contributed by atoms with Crippen LogP contribution in [0.3, 0.4) is 0 Å². The Morgan fingerprint density at radius 3 is 3.17 bits per heavy atom. The van der Waals surface area contributed by atoms with Gasteiger partial charge in [0.1, 0.15) is 0 Å². The summed E-state index contributed by atoms with van der Waals surface area (Å²) in [6.07, 6.45) is 4.13. The van der Waals surface area contributed by atoms with Crippen LogP contribution in [-0.2, 0) is 4.74 Å². The summed E-state index contributed by atoms with van der Waals surface area (Å²) in [5, 5.41) is 0. The van der Waals surface area contributed by atoms with Gasteiger partial charge in [0.25, 0.3) is 0 Å². The van der Waals surface area contributed by atoms with E-state index < -0.39 is 0 Å². The van der Waals surface area contributed by atoms with Crippen molar-refractivity contribution in [2.24, 2.45) is 5.92 Å². The van der Waals surface area contributed by atoms with Crippen molar-refractivity contribution in [2.45, 2.75) is 19.8 Å². The molecule has 0 amide bonds. The fourth-order valence-electron chi connectivity index (χ4n) is 2.27. The quantitative estimate of drug-likeness (QED) is 0.797. The number of nitrogens with zero attached hydrogens (tertiary/aromatic N) is 3. The highest BCUT2D eigenvalue weighted by Gasteiger charge is 2.22. The van der Waals surface area contributed by atoms with Gasteiger partial charge in [0, 0.05) is 32.0 Å². The molecule has 1 fully saturated rings. The number of rotatable bonds is 5. The minimum atomic E-state index is 0.577. The highest BCUT2D eigenvalue weighted by atomic mass is 16.5. The van der Waals surface area contributed by atoms with E-state index in [4.69, 9.17) is 9.47 Å². The molecular formula is C13H21N3O2. The fraction of sp³-hybridized carbons (Fsp3) is 0.692. The molecule has 0 aliphatic carbocycles. The van der Waals surface area contributed by atoms with Crippen LogP contribution < -0.4 is 9.64 Å². The first-order valence-corrected chi connectivity index (χ1v) is 6.53. The average Bonchev–Trinajstić information content (AvgIpc) is 2.45. The maximum atomic E-state index is 5.51. The zero-order chi connectivity index (χ0) is 12.8. The van der Waals surface area contributed by atoms with Crippen LogP contribution in [0.4, 0.5) is 5.95 Å². The Morgan fingerprint density at radius 2 is 2.39 bits per heavy atom. The smallest absolute Gasteiger partial charge is 0.228 e. The first kappa shape index (κ1) is 13.1. The molecule has 1 aromatic rings. The third-order valence-electron chi connectivity index (χ3n) is 3.19. The molecule has 1 aliphatic heterocycles. The zero-order valence-corrected chi connectivity index (χ0v) is 11.1. The first-order valence-electron chi connectivity index (χ1n) is 6.53. The third-order valence-corrected chi connectivity index (χ3v) is 3.19. The number of piperidine rings is 1. The van der Waals surface area contributed by atoms with Gasteiger partial charge in [0.15, 0.2) is 0 Å². The Balaban J connectivity index is 1.98. The largest absolute Gasteiger partial charge is 0.481 e. The molecule has 0 aromatic carbocycles. The van der Waals surface area contributed by atoms with Crippen LogP contribution in [0.15, 0.2) is 12.3 Å². The van der Waals surface area contributed by atoms with Gasteiger partial charge in [0.2, 0.25) is 11.8 Å². The molecule has 100 valence electrons. The van der Waals surface area contributed by atoms with Gasteiger partial charge in [-0.2, -0.15) is 4.98 Å². The standard InChI is InChI=1S/C13H21N3O2/c1-3-18-10-11-5-4-8-16(9-11)13-14-7-6-12(15-13)17-2/h6-7,11H,3-5,8-10H2,1-2H3. The molecule has 5 nitrogen and oxygen atoms in total. The predicted octanol–water partition coefficient (Wildman–Crippen LogP) is 1.74. The van der Waals surface area contributed by atoms with Crippen molar-refractivity contribution >= 4 is 5.95 Å². The van der Waals surface area contributed by atoms with Gasteiger partial charge in [-0.25, -0.2) is 4.98 Å². The molecule has 1 saturated heterocycles. The molecule has 0 spiro atoms. The second-order valence-corrected chi connectivity index (χ2v) is 4.51. The molecule has 2 heterocycles. The first-order chi connectivity index (χ1) is 8.83. The normalized spacial score (nSPS) is 19.9. The van der Waals surface area contributed by atoms with Crippen molar-refractivity contribution < 1.29 is 9.47 Å². The summed E-state index contributed by atoms with van der Waals surface area (Å²) in [7, 11) is 1.63. The van der Waals surface area contributed by atoms with Crippen molar-refractivity contribution in [3.8, 4) is 5.88 Å². The number of anilines is 1. The summed E-state index contributed by atoms with van der Waals surface area (Å²) in [4.78, 5) is 10.9. The molecule has 0 N–H and O–H groups in total. The van der Waals surface area contributed by atoms with Gasteiger partial charge < -0.3 is 14.4 Å². The molecule has 1 unspecified atom stereocenters. The SMILES string of the molecule is CCOCC1CCCN(c2nccc(OC)n2)C1. The van der Waals surface area contributed by atoms with E-state index >= 15 is 0 Å². The maximum absolute atomic E-state index is 5.51. The molecule has 0 bridgehead atoms. The Hall–Kier alpha value is -1.36. The van der Waals surface area contributed by atoms with Gasteiger partial charge in [0.05, 0.1) is 13.7 Å². The van der Waals surface area contributed by atoms with Gasteiger partial charge >= 0.3 is 0 Å². The van der Waals surface area contributed by atoms with Crippen molar-refractivity contribution in [1.82, 2.24) is 9.97 Å². The fourth-order valence-corrected chi connectivity index (χ4v) is 2.27. The highest BCUT2D eigenvalue weighted by molar-refractivity contribution is 5.32. The van der Waals surface area contributed by atoms with Crippen molar-refractivity contribution in [3.05, 3.63) is 12.3 Å². The van der Waals surface area contributed by atoms with E-state index in [1.807, 2.05) is 6.92 Å². The number of aromatic nitrogens is 2. The van der Waals surface area contributed by atoms with Crippen LogP contribution in [0.2, 0.25) is 0 Å². The predicted molar refractivity (Wildman–Crippen MR) is 70.0 cm³/mol. The van der Waals surface area contributed by atoms with E-state index in [-0.39, 0.29) is 0 Å². The van der Waals surface area contributed by atoms with E-state index in [1.165, 1.54) is 6.42 Å². The van der Waals surface area contributed by atoms with Crippen molar-refractivity contribution in [2.75, 3.05) is 38.3 Å². The lowest BCUT2D eigenvalue weighted by atomic mass is 9.99. The van der Waals surface area contributed by atoms with Crippen molar-refractivity contribution in [1.29, 1.82) is 0 Å². The second-order valence-electron chi connectivity index (χ2n) is 4.51. The molecule has 1 atom stereocenters. The monoisotopic (exact) mass is 251 g/mol. The van der Waals surface area contributed by atoms with Crippen molar-refractivity contribution in [3.63, 3.8) is 0 Å². The topological polar surface area (TPSA) is 47.5 Å². The Kier molecular flexibility index (Phi) is 4.75. The third kappa shape index (κ3) is 3.32. The molecular weight excluding hydrogens is 230 g/mol. The van der Waals surface area contributed by atoms with Gasteiger partial charge in [-0.05, 0) is 25.7 Å². The summed E-state index contributed by atoms with van der Waals surface area (Å²) in [6, 6.07) is 1.77. The van der Waals surface area contributed by atoms with E-state index in [2.05, 4.69) is 14.9 Å². The summed E-state index contributed by atoms with van der Waals surface area (Å²) in [6.45, 7) is 5.62. The van der Waals surface area contributed by atoms with Crippen LogP contribution in [0, 0.1) is 5.92 Å². The molecule has 1 aromatic heterocycles. The maximum Gasteiger partial charge on any atom is 0.228 e. The van der Waals surface area contributed by atoms with Gasteiger partial charge in [-0.15, -0.1) is 0 Å². The summed E-state index contributed by atoms with van der Waals surface area (Å²) >= 11 is 0. The van der Waals surface area contributed by atoms with Crippen LogP contribution in [-0.4, -0.2) is 43.4 Å². The minimum absolute atomic E-state index is 0.577. The highest BCUT2D eigenvalue weighted by Crippen LogP contribution is 2.21. The van der Waals surface area contributed by atoms with Crippen LogP contribution in [0.1, 0.15) is 19.8 Å². The molecule has 1 aliphatic rings. The van der Waals surface area contributed by atoms with E-state index in [1.54, 1.807) is 19.4 Å². The Morgan fingerprint density at radius 1 is 1.50 bits per heavy atom. The average molecular weight is 251 g/mol. The van der Waals surface area contributed by atoms with E-state index in [0.29, 0.717) is 11.8 Å². The molecule has 5 heteroatoms. The molecule has 0 saturated carbocycles. The Bertz CT molecular complexity index is 373. The van der Waals surface area contributed by atoms with Crippen LogP contribution >= 0.6 is 0 Å². The summed E-state index contributed by atoms with van der Waals surface area (Å²) in [5.41, 5.74) is 0. The number of ether oxygens (including phenoxy) is 2. The second kappa shape index (κ2) is 6.54. The molecule has 2 rings (SSSR count). The van der Waals surface area contributed by atoms with Gasteiger partial charge in [-0.1, -0.05) is 0 Å². The Labute approximate surface area is 108 Å². The number of methoxy groups -OCH3 is 1. The van der Waals surface area contributed by atoms with Crippen LogP contribution in [0.5, 0.6) is 5.88 Å². The summed E-state index contributed by atoms with van der Waals surface area (Å²) in [5.74, 6) is 1.95. The molecule has 0 radical (unpaired) electrons. The number of hydrogen-bond acceptors (Lipinski definition) is 5. The van der Waals surface area contributed by atoms with E-state index in [0.717, 1.165) is 38.7 Å². The summed E-state index contributed by atoms with van der Waals surface area (Å²) < 4.78 is 10.6. The number of hydrogen-bond donors (Lipinski definition) is 0.